The van der Waals surface area contributed by atoms with E-state index in [1.165, 1.54) is 0 Å². The molecule has 0 aliphatic carbocycles. The van der Waals surface area contributed by atoms with Gasteiger partial charge in [-0.15, -0.1) is 0 Å². The normalized spacial score (nSPS) is 16.7. The zero-order valence-corrected chi connectivity index (χ0v) is 14.9. The summed E-state index contributed by atoms with van der Waals surface area (Å²) in [6.07, 6.45) is 2.07. The van der Waals surface area contributed by atoms with Crippen LogP contribution in [-0.2, 0) is 4.74 Å². The Labute approximate surface area is 155 Å². The topological polar surface area (TPSA) is 50.4 Å². The number of hydrogen-bond donors (Lipinski definition) is 2. The fourth-order valence-electron chi connectivity index (χ4n) is 2.77. The Morgan fingerprint density at radius 3 is 2.65 bits per heavy atom. The third-order valence-corrected chi connectivity index (χ3v) is 4.77. The minimum atomic E-state index is -2.44. The van der Waals surface area contributed by atoms with Crippen LogP contribution in [0.25, 0.3) is 0 Å². The number of carbonyl (C=O) groups excluding carboxylic acids is 1. The van der Waals surface area contributed by atoms with Gasteiger partial charge in [-0.3, -0.25) is 4.79 Å². The van der Waals surface area contributed by atoms with Gasteiger partial charge in [-0.25, -0.2) is 0 Å². The van der Waals surface area contributed by atoms with Crippen LogP contribution < -0.4 is 10.6 Å². The Kier molecular flexibility index (Phi) is 6.46. The molecule has 2 aromatic carbocycles. The van der Waals surface area contributed by atoms with Gasteiger partial charge in [0.1, 0.15) is 0 Å². The Bertz CT molecular complexity index is 735. The fourth-order valence-corrected chi connectivity index (χ4v) is 3.27. The van der Waals surface area contributed by atoms with Gasteiger partial charge in [0.25, 0.3) is 11.7 Å². The number of hydrogen-bond acceptors (Lipinski definition) is 4. The number of halogens is 2. The highest BCUT2D eigenvalue weighted by molar-refractivity contribution is 7.99. The first-order valence-corrected chi connectivity index (χ1v) is 9.30. The molecule has 1 heterocycles. The van der Waals surface area contributed by atoms with E-state index in [4.69, 9.17) is 4.74 Å². The first-order valence-electron chi connectivity index (χ1n) is 8.42. The van der Waals surface area contributed by atoms with Crippen LogP contribution in [-0.4, -0.2) is 30.9 Å². The second-order valence-electron chi connectivity index (χ2n) is 5.92. The molecule has 1 saturated heterocycles. The summed E-state index contributed by atoms with van der Waals surface area (Å²) in [7, 11) is 0. The first-order chi connectivity index (χ1) is 12.6. The van der Waals surface area contributed by atoms with Crippen molar-refractivity contribution in [1.29, 1.82) is 0 Å². The first kappa shape index (κ1) is 18.7. The number of carbonyl (C=O) groups is 1. The van der Waals surface area contributed by atoms with Gasteiger partial charge in [-0.05, 0) is 49.2 Å². The molecule has 0 aromatic heterocycles. The summed E-state index contributed by atoms with van der Waals surface area (Å²) < 4.78 is 30.3. The molecule has 0 saturated carbocycles. The third-order valence-electron chi connectivity index (χ3n) is 4.04. The lowest BCUT2D eigenvalue weighted by atomic mass is 10.1. The van der Waals surface area contributed by atoms with E-state index in [0.717, 1.165) is 25.1 Å². The SMILES string of the molecule is O=C(NC[C@@H]1CCCO1)c1ccccc1Nc1ccc(SC(F)F)cc1. The average molecular weight is 378 g/mol. The standard InChI is InChI=1S/C19H20F2N2O2S/c20-19(21)26-15-9-7-13(8-10-15)23-17-6-2-1-5-16(17)18(24)22-12-14-4-3-11-25-14/h1-2,5-10,14,19,23H,3-4,11-12H2,(H,22,24)/t14-/m0/s1. The zero-order chi connectivity index (χ0) is 18.4. The predicted molar refractivity (Wildman–Crippen MR) is 99.3 cm³/mol. The molecule has 0 radical (unpaired) electrons. The lowest BCUT2D eigenvalue weighted by Gasteiger charge is -2.14. The van der Waals surface area contributed by atoms with E-state index in [1.807, 2.05) is 12.1 Å². The third kappa shape index (κ3) is 5.19. The van der Waals surface area contributed by atoms with E-state index in [9.17, 15) is 13.6 Å². The van der Waals surface area contributed by atoms with E-state index < -0.39 is 5.76 Å². The van der Waals surface area contributed by atoms with Gasteiger partial charge in [0.15, 0.2) is 0 Å². The van der Waals surface area contributed by atoms with Crippen molar-refractivity contribution in [3.8, 4) is 0 Å². The number of nitrogens with one attached hydrogen (secondary N) is 2. The van der Waals surface area contributed by atoms with Crippen LogP contribution >= 0.6 is 11.8 Å². The molecule has 26 heavy (non-hydrogen) atoms. The second-order valence-corrected chi connectivity index (χ2v) is 6.98. The number of amides is 1. The van der Waals surface area contributed by atoms with Gasteiger partial charge in [0.2, 0.25) is 0 Å². The molecule has 1 aliphatic rings. The number of alkyl halides is 2. The molecular weight excluding hydrogens is 358 g/mol. The molecule has 0 spiro atoms. The van der Waals surface area contributed by atoms with Crippen LogP contribution in [0.15, 0.2) is 53.4 Å². The summed E-state index contributed by atoms with van der Waals surface area (Å²) in [5, 5.41) is 6.08. The molecular formula is C19H20F2N2O2S. The van der Waals surface area contributed by atoms with Crippen molar-refractivity contribution >= 4 is 29.0 Å². The minimum Gasteiger partial charge on any atom is -0.376 e. The summed E-state index contributed by atoms with van der Waals surface area (Å²) in [6, 6.07) is 13.9. The van der Waals surface area contributed by atoms with Crippen LogP contribution in [0, 0.1) is 0 Å². The molecule has 1 aliphatic heterocycles. The highest BCUT2D eigenvalue weighted by Crippen LogP contribution is 2.28. The van der Waals surface area contributed by atoms with E-state index >= 15 is 0 Å². The van der Waals surface area contributed by atoms with Crippen molar-refractivity contribution in [1.82, 2.24) is 5.32 Å². The van der Waals surface area contributed by atoms with Gasteiger partial charge in [-0.2, -0.15) is 8.78 Å². The number of benzene rings is 2. The van der Waals surface area contributed by atoms with Crippen molar-refractivity contribution in [2.45, 2.75) is 29.6 Å². The Morgan fingerprint density at radius 2 is 1.96 bits per heavy atom. The number of para-hydroxylation sites is 1. The van der Waals surface area contributed by atoms with Gasteiger partial charge in [0.05, 0.1) is 17.4 Å². The van der Waals surface area contributed by atoms with Crippen LogP contribution in [0.4, 0.5) is 20.2 Å². The van der Waals surface area contributed by atoms with Gasteiger partial charge in [0, 0.05) is 23.7 Å². The van der Waals surface area contributed by atoms with Gasteiger partial charge in [-0.1, -0.05) is 23.9 Å². The van der Waals surface area contributed by atoms with E-state index in [-0.39, 0.29) is 12.0 Å². The Morgan fingerprint density at radius 1 is 1.19 bits per heavy atom. The van der Waals surface area contributed by atoms with Gasteiger partial charge < -0.3 is 15.4 Å². The lowest BCUT2D eigenvalue weighted by Crippen LogP contribution is -2.32. The Balaban J connectivity index is 1.65. The second kappa shape index (κ2) is 9.00. The number of thioether (sulfide) groups is 1. The summed E-state index contributed by atoms with van der Waals surface area (Å²) in [5.41, 5.74) is 1.91. The monoisotopic (exact) mass is 378 g/mol. The molecule has 4 nitrogen and oxygen atoms in total. The maximum absolute atomic E-state index is 12.5. The molecule has 1 amide bonds. The average Bonchev–Trinajstić information content (AvgIpc) is 3.15. The quantitative estimate of drug-likeness (QED) is 0.689. The summed E-state index contributed by atoms with van der Waals surface area (Å²) in [5.74, 6) is -2.62. The molecule has 0 unspecified atom stereocenters. The number of ether oxygens (including phenoxy) is 1. The fraction of sp³-hybridized carbons (Fsp3) is 0.316. The lowest BCUT2D eigenvalue weighted by molar-refractivity contribution is 0.0858. The molecule has 2 aromatic rings. The largest absolute Gasteiger partial charge is 0.376 e. The number of rotatable bonds is 7. The number of anilines is 2. The molecule has 0 bridgehead atoms. The van der Waals surface area contributed by atoms with Crippen LogP contribution in [0.1, 0.15) is 23.2 Å². The molecule has 3 rings (SSSR count). The summed E-state index contributed by atoms with van der Waals surface area (Å²) in [6.45, 7) is 1.24. The zero-order valence-electron chi connectivity index (χ0n) is 14.1. The maximum atomic E-state index is 12.5. The van der Waals surface area contributed by atoms with Crippen molar-refractivity contribution in [3.05, 3.63) is 54.1 Å². The van der Waals surface area contributed by atoms with Crippen LogP contribution in [0.3, 0.4) is 0 Å². The summed E-state index contributed by atoms with van der Waals surface area (Å²) in [4.78, 5) is 13.0. The van der Waals surface area contributed by atoms with Crippen molar-refractivity contribution in [2.24, 2.45) is 0 Å². The smallest absolute Gasteiger partial charge is 0.288 e. The molecule has 2 N–H and O–H groups in total. The van der Waals surface area contributed by atoms with Gasteiger partial charge >= 0.3 is 0 Å². The highest BCUT2D eigenvalue weighted by atomic mass is 32.2. The van der Waals surface area contributed by atoms with Crippen molar-refractivity contribution in [2.75, 3.05) is 18.5 Å². The van der Waals surface area contributed by atoms with E-state index in [0.29, 0.717) is 34.5 Å². The predicted octanol–water partition coefficient (Wildman–Crippen LogP) is 4.65. The maximum Gasteiger partial charge on any atom is 0.288 e. The minimum absolute atomic E-state index is 0.0824. The van der Waals surface area contributed by atoms with Crippen molar-refractivity contribution < 1.29 is 18.3 Å². The summed E-state index contributed by atoms with van der Waals surface area (Å²) >= 11 is 0.503. The molecule has 1 fully saturated rings. The molecule has 138 valence electrons. The molecule has 1 atom stereocenters. The van der Waals surface area contributed by atoms with Crippen molar-refractivity contribution in [3.63, 3.8) is 0 Å². The highest BCUT2D eigenvalue weighted by Gasteiger charge is 2.18. The Hall–Kier alpha value is -2.12. The molecule has 7 heteroatoms. The van der Waals surface area contributed by atoms with Crippen LogP contribution in [0.2, 0.25) is 0 Å². The van der Waals surface area contributed by atoms with E-state index in [1.54, 1.807) is 36.4 Å². The van der Waals surface area contributed by atoms with E-state index in [2.05, 4.69) is 10.6 Å². The van der Waals surface area contributed by atoms with Crippen LogP contribution in [0.5, 0.6) is 0 Å².